The molecule has 4 atom stereocenters. The molecule has 2 aromatic carbocycles. The highest BCUT2D eigenvalue weighted by Crippen LogP contribution is 2.54. The maximum atomic E-state index is 13.8. The molecular formula is C35H42Cl2N4O6. The predicted octanol–water partition coefficient (Wildman–Crippen LogP) is 5.16. The maximum absolute atomic E-state index is 13.8. The van der Waals surface area contributed by atoms with Crippen molar-refractivity contribution in [2.24, 2.45) is 11.8 Å². The van der Waals surface area contributed by atoms with Crippen LogP contribution in [0.4, 0.5) is 4.79 Å². The molecule has 10 nitrogen and oxygen atoms in total. The molecule has 1 heterocycles. The van der Waals surface area contributed by atoms with Gasteiger partial charge in [0.05, 0.1) is 6.04 Å². The van der Waals surface area contributed by atoms with Gasteiger partial charge >= 0.3 is 6.09 Å². The number of rotatable bonds is 14. The number of alkyl carbamates (subject to hydrolysis) is 1. The van der Waals surface area contributed by atoms with Crippen LogP contribution in [0.3, 0.4) is 0 Å². The largest absolute Gasteiger partial charge is 0.440 e. The average Bonchev–Trinajstić information content (AvgIpc) is 3.73. The number of carbonyl (C=O) groups is 5. The first kappa shape index (κ1) is 34.7. The van der Waals surface area contributed by atoms with Gasteiger partial charge in [0.25, 0.3) is 5.91 Å². The molecule has 252 valence electrons. The number of halogens is 2. The molecule has 4 amide bonds. The molecule has 1 saturated heterocycles. The Bertz CT molecular complexity index is 1490. The van der Waals surface area contributed by atoms with Crippen LogP contribution in [0.25, 0.3) is 0 Å². The minimum Gasteiger partial charge on any atom is -0.440 e. The lowest BCUT2D eigenvalue weighted by molar-refractivity contribution is -0.141. The zero-order valence-corrected chi connectivity index (χ0v) is 28.2. The monoisotopic (exact) mass is 684 g/mol. The number of hydrogen-bond acceptors (Lipinski definition) is 6. The molecule has 2 aliphatic carbocycles. The molecule has 1 aliphatic heterocycles. The summed E-state index contributed by atoms with van der Waals surface area (Å²) in [5, 5.41) is 12.0. The third-order valence-corrected chi connectivity index (χ3v) is 9.80. The second-order valence-electron chi connectivity index (χ2n) is 13.4. The molecule has 3 aliphatic rings. The van der Waals surface area contributed by atoms with E-state index in [9.17, 15) is 24.0 Å². The smallest absolute Gasteiger partial charge is 0.408 e. The van der Waals surface area contributed by atoms with Gasteiger partial charge in [-0.2, -0.15) is 0 Å². The van der Waals surface area contributed by atoms with Gasteiger partial charge in [-0.1, -0.05) is 67.7 Å². The van der Waals surface area contributed by atoms with Crippen LogP contribution in [-0.2, 0) is 29.3 Å². The minimum atomic E-state index is -1.23. The molecule has 5 rings (SSSR count). The number of amides is 4. The Morgan fingerprint density at radius 1 is 0.957 bits per heavy atom. The van der Waals surface area contributed by atoms with E-state index in [4.69, 9.17) is 27.9 Å². The topological polar surface area (TPSA) is 143 Å². The summed E-state index contributed by atoms with van der Waals surface area (Å²) in [5.41, 5.74) is 1.15. The molecule has 0 spiro atoms. The molecule has 0 aromatic heterocycles. The number of benzene rings is 2. The van der Waals surface area contributed by atoms with Gasteiger partial charge in [-0.25, -0.2) is 4.79 Å². The number of carbonyl (C=O) groups excluding carboxylic acids is 5. The van der Waals surface area contributed by atoms with Crippen molar-refractivity contribution in [2.75, 3.05) is 6.54 Å². The van der Waals surface area contributed by atoms with Crippen molar-refractivity contribution < 1.29 is 28.7 Å². The van der Waals surface area contributed by atoms with E-state index in [2.05, 4.69) is 21.3 Å². The van der Waals surface area contributed by atoms with Gasteiger partial charge in [0.2, 0.25) is 17.6 Å². The first-order valence-electron chi connectivity index (χ1n) is 16.4. The maximum Gasteiger partial charge on any atom is 0.408 e. The minimum absolute atomic E-state index is 0.0181. The van der Waals surface area contributed by atoms with Crippen LogP contribution in [0.15, 0.2) is 48.5 Å². The van der Waals surface area contributed by atoms with Crippen molar-refractivity contribution in [1.29, 1.82) is 0 Å². The molecule has 0 radical (unpaired) electrons. The summed E-state index contributed by atoms with van der Waals surface area (Å²) < 4.78 is 6.20. The van der Waals surface area contributed by atoms with E-state index in [-0.39, 0.29) is 30.7 Å². The van der Waals surface area contributed by atoms with Gasteiger partial charge in [0.15, 0.2) is 0 Å². The van der Waals surface area contributed by atoms with E-state index in [0.717, 1.165) is 43.2 Å². The summed E-state index contributed by atoms with van der Waals surface area (Å²) in [5.74, 6) is -3.00. The van der Waals surface area contributed by atoms with Crippen molar-refractivity contribution in [3.8, 4) is 0 Å². The van der Waals surface area contributed by atoms with Crippen LogP contribution in [0.2, 0.25) is 10.0 Å². The second kappa shape index (κ2) is 15.1. The molecular weight excluding hydrogens is 643 g/mol. The summed E-state index contributed by atoms with van der Waals surface area (Å²) in [4.78, 5) is 65.8. The SMILES string of the molecule is CC(C)CC(NC(=O)OC(c1ccc(Cl)cc1)C1(c2cccc(Cl)c2)CCC1)C(=O)NC(CC1CCNC1=O)C(=O)C(=O)NC1CC1. The molecule has 2 saturated carbocycles. The Balaban J connectivity index is 1.36. The number of ketones is 1. The Morgan fingerprint density at radius 3 is 2.26 bits per heavy atom. The number of ether oxygens (including phenoxy) is 1. The van der Waals surface area contributed by atoms with Crippen molar-refractivity contribution in [3.63, 3.8) is 0 Å². The Labute approximate surface area is 285 Å². The van der Waals surface area contributed by atoms with Crippen LogP contribution in [0.5, 0.6) is 0 Å². The standard InChI is InChI=1S/C35H42Cl2N4O6/c1-20(2)17-28(32(44)40-27(18-22-13-16-38-31(22)43)29(42)33(45)39-26-11-12-26)41-34(46)47-30(21-7-9-24(36)10-8-21)35(14-4-15-35)23-5-3-6-25(37)19-23/h3,5-10,19-20,22,26-28,30H,4,11-18H2,1-2H3,(H,38,43)(H,39,45)(H,40,44)(H,41,46). The summed E-state index contributed by atoms with van der Waals surface area (Å²) in [6.07, 6.45) is 3.22. The number of Topliss-reactive ketones (excluding diaryl/α,β-unsaturated/α-hetero) is 1. The van der Waals surface area contributed by atoms with E-state index in [1.807, 2.05) is 44.2 Å². The van der Waals surface area contributed by atoms with Gasteiger partial charge in [0.1, 0.15) is 12.1 Å². The Morgan fingerprint density at radius 2 is 1.68 bits per heavy atom. The van der Waals surface area contributed by atoms with Gasteiger partial charge in [0, 0.05) is 34.0 Å². The van der Waals surface area contributed by atoms with Gasteiger partial charge in [-0.3, -0.25) is 19.2 Å². The van der Waals surface area contributed by atoms with Crippen LogP contribution in [0.1, 0.15) is 82.4 Å². The first-order chi connectivity index (χ1) is 22.4. The lowest BCUT2D eigenvalue weighted by Gasteiger charge is -2.47. The van der Waals surface area contributed by atoms with Gasteiger partial charge in [-0.05, 0) is 86.3 Å². The lowest BCUT2D eigenvalue weighted by Crippen LogP contribution is -2.55. The van der Waals surface area contributed by atoms with Crippen LogP contribution >= 0.6 is 23.2 Å². The number of hydrogen-bond donors (Lipinski definition) is 4. The Hall–Kier alpha value is -3.63. The summed E-state index contributed by atoms with van der Waals surface area (Å²) >= 11 is 12.6. The van der Waals surface area contributed by atoms with Crippen LogP contribution in [-0.4, -0.2) is 54.3 Å². The van der Waals surface area contributed by atoms with E-state index < -0.39 is 53.2 Å². The van der Waals surface area contributed by atoms with Crippen LogP contribution in [0, 0.1) is 11.8 Å². The van der Waals surface area contributed by atoms with Crippen molar-refractivity contribution in [3.05, 3.63) is 69.7 Å². The van der Waals surface area contributed by atoms with Crippen molar-refractivity contribution in [1.82, 2.24) is 21.3 Å². The lowest BCUT2D eigenvalue weighted by atomic mass is 9.60. The molecule has 4 N–H and O–H groups in total. The zero-order valence-electron chi connectivity index (χ0n) is 26.7. The van der Waals surface area contributed by atoms with E-state index in [0.29, 0.717) is 23.0 Å². The summed E-state index contributed by atoms with van der Waals surface area (Å²) in [6, 6.07) is 12.3. The average molecular weight is 686 g/mol. The molecule has 12 heteroatoms. The van der Waals surface area contributed by atoms with Crippen molar-refractivity contribution in [2.45, 2.75) is 94.9 Å². The molecule has 2 aromatic rings. The first-order valence-corrected chi connectivity index (χ1v) is 17.1. The fourth-order valence-corrected chi connectivity index (χ4v) is 6.80. The van der Waals surface area contributed by atoms with E-state index in [1.54, 1.807) is 18.2 Å². The molecule has 4 unspecified atom stereocenters. The Kier molecular flexibility index (Phi) is 11.1. The highest BCUT2D eigenvalue weighted by molar-refractivity contribution is 6.38. The van der Waals surface area contributed by atoms with E-state index >= 15 is 0 Å². The van der Waals surface area contributed by atoms with Gasteiger partial charge < -0.3 is 26.0 Å². The van der Waals surface area contributed by atoms with E-state index in [1.165, 1.54) is 0 Å². The predicted molar refractivity (Wildman–Crippen MR) is 178 cm³/mol. The van der Waals surface area contributed by atoms with Crippen LogP contribution < -0.4 is 21.3 Å². The zero-order chi connectivity index (χ0) is 33.7. The highest BCUT2D eigenvalue weighted by Gasteiger charge is 2.49. The summed E-state index contributed by atoms with van der Waals surface area (Å²) in [7, 11) is 0. The third kappa shape index (κ3) is 8.65. The molecule has 47 heavy (non-hydrogen) atoms. The quantitative estimate of drug-likeness (QED) is 0.203. The number of nitrogens with one attached hydrogen (secondary N) is 4. The fraction of sp³-hybridized carbons (Fsp3) is 0.514. The molecule has 0 bridgehead atoms. The van der Waals surface area contributed by atoms with Gasteiger partial charge in [-0.15, -0.1) is 0 Å². The second-order valence-corrected chi connectivity index (χ2v) is 14.2. The normalized spacial score (nSPS) is 20.3. The molecule has 3 fully saturated rings. The van der Waals surface area contributed by atoms with Crippen molar-refractivity contribution >= 4 is 52.8 Å². The third-order valence-electron chi connectivity index (χ3n) is 9.31. The summed E-state index contributed by atoms with van der Waals surface area (Å²) in [6.45, 7) is 4.27. The highest BCUT2D eigenvalue weighted by atomic mass is 35.5. The fourth-order valence-electron chi connectivity index (χ4n) is 6.48.